The predicted octanol–water partition coefficient (Wildman–Crippen LogP) is 13.4. The first kappa shape index (κ1) is 37.5. The predicted molar refractivity (Wildman–Crippen MR) is 214 cm³/mol. The van der Waals surface area contributed by atoms with Crippen LogP contribution in [0.3, 0.4) is 0 Å². The van der Waals surface area contributed by atoms with Gasteiger partial charge in [-0.3, -0.25) is 0 Å². The van der Waals surface area contributed by atoms with Gasteiger partial charge < -0.3 is 14.6 Å². The molecule has 3 heteroatoms. The minimum Gasteiger partial charge on any atom is -0.508 e. The van der Waals surface area contributed by atoms with Crippen LogP contribution in [0.25, 0.3) is 10.8 Å². The number of ether oxygens (including phenoxy) is 2. The molecule has 10 atom stereocenters. The average Bonchev–Trinajstić information content (AvgIpc) is 3.93. The topological polar surface area (TPSA) is 38.7 Å². The zero-order valence-electron chi connectivity index (χ0n) is 32.6. The maximum Gasteiger partial charge on any atom is 0.202 e. The van der Waals surface area contributed by atoms with Crippen LogP contribution in [0.5, 0.6) is 11.5 Å². The van der Waals surface area contributed by atoms with E-state index < -0.39 is 0 Å². The molecule has 0 aliphatic heterocycles. The minimum absolute atomic E-state index is 0.131. The summed E-state index contributed by atoms with van der Waals surface area (Å²) >= 11 is 0. The number of benzene rings is 4. The molecule has 4 aliphatic rings. The molecule has 2 bridgehead atoms. The van der Waals surface area contributed by atoms with E-state index in [1.807, 2.05) is 12.1 Å². The second-order valence-electron chi connectivity index (χ2n) is 16.7. The van der Waals surface area contributed by atoms with Crippen molar-refractivity contribution in [2.75, 3.05) is 0 Å². The van der Waals surface area contributed by atoms with Gasteiger partial charge in [-0.25, -0.2) is 0 Å². The molecule has 0 heterocycles. The highest BCUT2D eigenvalue weighted by Crippen LogP contribution is 2.59. The molecule has 0 aromatic heterocycles. The van der Waals surface area contributed by atoms with Crippen molar-refractivity contribution in [1.82, 2.24) is 0 Å². The first-order valence-corrected chi connectivity index (χ1v) is 20.3. The smallest absolute Gasteiger partial charge is 0.202 e. The molecule has 51 heavy (non-hydrogen) atoms. The van der Waals surface area contributed by atoms with E-state index in [0.717, 1.165) is 35.8 Å². The van der Waals surface area contributed by atoms with Crippen molar-refractivity contribution in [2.45, 2.75) is 136 Å². The molecular weight excluding hydrogens is 625 g/mol. The van der Waals surface area contributed by atoms with Crippen LogP contribution >= 0.6 is 0 Å². The van der Waals surface area contributed by atoms with Crippen LogP contribution in [-0.4, -0.2) is 17.5 Å². The van der Waals surface area contributed by atoms with Gasteiger partial charge in [0, 0.05) is 5.92 Å². The van der Waals surface area contributed by atoms with E-state index in [1.165, 1.54) is 71.6 Å². The third-order valence-corrected chi connectivity index (χ3v) is 13.3. The van der Waals surface area contributed by atoms with Crippen molar-refractivity contribution in [2.24, 2.45) is 29.6 Å². The molecule has 3 nitrogen and oxygen atoms in total. The molecule has 1 N–H and O–H groups in total. The Balaban J connectivity index is 0.000000149. The average molecular weight is 689 g/mol. The lowest BCUT2D eigenvalue weighted by molar-refractivity contribution is -0.162. The summed E-state index contributed by atoms with van der Waals surface area (Å²) in [6.07, 6.45) is 9.65. The van der Waals surface area contributed by atoms with E-state index in [1.54, 1.807) is 12.1 Å². The first-order chi connectivity index (χ1) is 24.6. The SMILES string of the molecule is CC1c2cccc3cccc(c23)C1C.CCC(C)c1ccc(O)cc1.CCC(C)c1ccc(OC(OC2CC3CC2C2CCCC32)C(C)C)cc1. The Morgan fingerprint density at radius 2 is 1.22 bits per heavy atom. The summed E-state index contributed by atoms with van der Waals surface area (Å²) in [6.45, 7) is 18.0. The fraction of sp³-hybridized carbons (Fsp3) is 0.542. The summed E-state index contributed by atoms with van der Waals surface area (Å²) in [4.78, 5) is 0. The Hall–Kier alpha value is -3.30. The summed E-state index contributed by atoms with van der Waals surface area (Å²) in [5.74, 6) is 7.90. The van der Waals surface area contributed by atoms with Gasteiger partial charge in [0.15, 0.2) is 0 Å². The van der Waals surface area contributed by atoms with Crippen molar-refractivity contribution in [3.8, 4) is 11.5 Å². The molecule has 4 aromatic rings. The standard InChI is InChI=1S/C24H36O2.C14H14.C10H14O/c1-5-16(4)17-9-11-19(12-10-17)25-24(15(2)3)26-23-14-18-13-22(23)21-8-6-7-20(18)21;1-9-10(2)13-8-4-6-11-5-3-7-12(9)14(11)13;1-3-8(2)9-4-6-10(11)7-5-9/h9-12,15-16,18,20-24H,5-8,13-14H2,1-4H3;3-10H,1-2H3;4-8,11H,3H2,1-2H3. The van der Waals surface area contributed by atoms with E-state index >= 15 is 0 Å². The first-order valence-electron chi connectivity index (χ1n) is 20.3. The lowest BCUT2D eigenvalue weighted by Gasteiger charge is -2.35. The molecule has 0 saturated heterocycles. The van der Waals surface area contributed by atoms with Crippen LogP contribution in [0.15, 0.2) is 84.9 Å². The van der Waals surface area contributed by atoms with Crippen LogP contribution in [-0.2, 0) is 4.74 Å². The van der Waals surface area contributed by atoms with Gasteiger partial charge in [0.05, 0.1) is 6.10 Å². The van der Waals surface area contributed by atoms with Crippen LogP contribution < -0.4 is 4.74 Å². The number of aromatic hydroxyl groups is 1. The van der Waals surface area contributed by atoms with Crippen molar-refractivity contribution < 1.29 is 14.6 Å². The van der Waals surface area contributed by atoms with Gasteiger partial charge in [-0.05, 0) is 143 Å². The summed E-state index contributed by atoms with van der Waals surface area (Å²) < 4.78 is 12.9. The molecule has 4 aromatic carbocycles. The van der Waals surface area contributed by atoms with Gasteiger partial charge in [0.2, 0.25) is 6.29 Å². The number of fused-ring (bicyclic) bond motifs is 5. The number of rotatable bonds is 9. The molecule has 0 radical (unpaired) electrons. The zero-order valence-corrected chi connectivity index (χ0v) is 32.6. The molecule has 0 amide bonds. The summed E-state index contributed by atoms with van der Waals surface area (Å²) in [5.41, 5.74) is 5.75. The lowest BCUT2D eigenvalue weighted by atomic mass is 9.80. The molecule has 10 unspecified atom stereocenters. The second-order valence-corrected chi connectivity index (χ2v) is 16.7. The Bertz CT molecular complexity index is 1650. The quantitative estimate of drug-likeness (QED) is 0.178. The molecule has 4 aliphatic carbocycles. The molecule has 274 valence electrons. The lowest BCUT2D eigenvalue weighted by Crippen LogP contribution is -2.37. The van der Waals surface area contributed by atoms with Gasteiger partial charge in [0.25, 0.3) is 0 Å². The van der Waals surface area contributed by atoms with E-state index in [9.17, 15) is 0 Å². The Kier molecular flexibility index (Phi) is 12.2. The van der Waals surface area contributed by atoms with Gasteiger partial charge in [-0.15, -0.1) is 0 Å². The van der Waals surface area contributed by atoms with Crippen LogP contribution in [0.2, 0.25) is 0 Å². The van der Waals surface area contributed by atoms with Crippen molar-refractivity contribution in [3.63, 3.8) is 0 Å². The number of phenolic OH excluding ortho intramolecular Hbond substituents is 1. The third-order valence-electron chi connectivity index (χ3n) is 13.3. The maximum atomic E-state index is 9.01. The van der Waals surface area contributed by atoms with E-state index in [-0.39, 0.29) is 6.29 Å². The molecular formula is C48H64O3. The van der Waals surface area contributed by atoms with Crippen LogP contribution in [0.1, 0.15) is 146 Å². The Morgan fingerprint density at radius 1 is 0.667 bits per heavy atom. The maximum absolute atomic E-state index is 9.01. The van der Waals surface area contributed by atoms with E-state index in [2.05, 4.69) is 116 Å². The molecule has 8 rings (SSSR count). The number of phenols is 1. The van der Waals surface area contributed by atoms with E-state index in [0.29, 0.717) is 41.4 Å². The third kappa shape index (κ3) is 8.20. The van der Waals surface area contributed by atoms with Gasteiger partial charge in [-0.2, -0.15) is 0 Å². The highest BCUT2D eigenvalue weighted by molar-refractivity contribution is 5.92. The van der Waals surface area contributed by atoms with Crippen LogP contribution in [0.4, 0.5) is 0 Å². The fourth-order valence-electron chi connectivity index (χ4n) is 9.64. The fourth-order valence-corrected chi connectivity index (χ4v) is 9.64. The van der Waals surface area contributed by atoms with Crippen molar-refractivity contribution in [3.05, 3.63) is 107 Å². The zero-order chi connectivity index (χ0) is 36.2. The number of hydrogen-bond donors (Lipinski definition) is 1. The van der Waals surface area contributed by atoms with Gasteiger partial charge in [0.1, 0.15) is 11.5 Å². The highest BCUT2D eigenvalue weighted by Gasteiger charge is 2.54. The molecule has 3 saturated carbocycles. The Morgan fingerprint density at radius 3 is 1.76 bits per heavy atom. The second kappa shape index (κ2) is 16.6. The highest BCUT2D eigenvalue weighted by atomic mass is 16.7. The normalized spacial score (nSPS) is 27.3. The van der Waals surface area contributed by atoms with Crippen molar-refractivity contribution >= 4 is 10.8 Å². The van der Waals surface area contributed by atoms with Crippen LogP contribution in [0, 0.1) is 29.6 Å². The summed E-state index contributed by atoms with van der Waals surface area (Å²) in [5, 5.41) is 11.9. The van der Waals surface area contributed by atoms with Gasteiger partial charge >= 0.3 is 0 Å². The van der Waals surface area contributed by atoms with Crippen molar-refractivity contribution in [1.29, 1.82) is 0 Å². The van der Waals surface area contributed by atoms with Gasteiger partial charge in [-0.1, -0.05) is 122 Å². The molecule has 3 fully saturated rings. The number of hydrogen-bond acceptors (Lipinski definition) is 3. The minimum atomic E-state index is -0.131. The Labute approximate surface area is 309 Å². The monoisotopic (exact) mass is 688 g/mol. The summed E-state index contributed by atoms with van der Waals surface area (Å²) in [7, 11) is 0. The largest absolute Gasteiger partial charge is 0.508 e. The van der Waals surface area contributed by atoms with E-state index in [4.69, 9.17) is 14.6 Å². The summed E-state index contributed by atoms with van der Waals surface area (Å²) in [6, 6.07) is 29.4. The molecule has 0 spiro atoms.